The van der Waals surface area contributed by atoms with Gasteiger partial charge < -0.3 is 14.7 Å². The van der Waals surface area contributed by atoms with Crippen molar-refractivity contribution in [2.45, 2.75) is 51.6 Å². The van der Waals surface area contributed by atoms with E-state index < -0.39 is 18.0 Å². The highest BCUT2D eigenvalue weighted by atomic mass is 16.4. The quantitative estimate of drug-likeness (QED) is 0.345. The molecule has 0 aliphatic rings. The number of hydrogen-bond donors (Lipinski definition) is 2. The van der Waals surface area contributed by atoms with Crippen LogP contribution in [0.25, 0.3) is 0 Å². The molecule has 0 aromatic heterocycles. The standard InChI is InChI=1S/C15H29NO4/c1-5-6-7-8-9-10-12(17)14(15(19)20)13(18)11-16(2,3)4/h13-14,18H,5-11H2,1-4H3/p+1/t13-,14+/m0/s1. The first kappa shape index (κ1) is 19.1. The van der Waals surface area contributed by atoms with E-state index >= 15 is 0 Å². The third kappa shape index (κ3) is 8.27. The van der Waals surface area contributed by atoms with Gasteiger partial charge in [0.25, 0.3) is 0 Å². The minimum absolute atomic E-state index is 0.245. The number of nitrogens with zero attached hydrogens (tertiary/aromatic N) is 1. The van der Waals surface area contributed by atoms with Crippen LogP contribution in [-0.4, -0.2) is 60.2 Å². The second-order valence-corrected chi connectivity index (χ2v) is 6.49. The van der Waals surface area contributed by atoms with Gasteiger partial charge in [0, 0.05) is 6.42 Å². The smallest absolute Gasteiger partial charge is 0.316 e. The van der Waals surface area contributed by atoms with Crippen LogP contribution < -0.4 is 0 Å². The number of carboxylic acids is 1. The SMILES string of the molecule is CCCCCCCC(=O)[C@@H](C(=O)O)[C@@H](O)C[N+](C)(C)C. The number of Topliss-reactive ketones (excluding diaryl/α,β-unsaturated/α-hetero) is 1. The van der Waals surface area contributed by atoms with E-state index in [1.54, 1.807) is 0 Å². The molecule has 2 N–H and O–H groups in total. The molecule has 0 fully saturated rings. The highest BCUT2D eigenvalue weighted by Gasteiger charge is 2.35. The summed E-state index contributed by atoms with van der Waals surface area (Å²) >= 11 is 0. The average molecular weight is 288 g/mol. The molecule has 5 nitrogen and oxygen atoms in total. The van der Waals surface area contributed by atoms with Crippen molar-refractivity contribution in [3.05, 3.63) is 0 Å². The van der Waals surface area contributed by atoms with Crippen molar-refractivity contribution < 1.29 is 24.3 Å². The molecular formula is C15H30NO4+. The molecule has 0 aromatic rings. The number of aliphatic carboxylic acids is 1. The van der Waals surface area contributed by atoms with E-state index in [9.17, 15) is 14.7 Å². The Kier molecular flexibility index (Phi) is 8.65. The zero-order valence-corrected chi connectivity index (χ0v) is 13.3. The number of aliphatic hydroxyl groups excluding tert-OH is 1. The number of likely N-dealkylation sites (N-methyl/N-ethyl adjacent to an activating group) is 1. The average Bonchev–Trinajstić information content (AvgIpc) is 2.25. The Bertz CT molecular complexity index is 309. The lowest BCUT2D eigenvalue weighted by Gasteiger charge is -2.28. The van der Waals surface area contributed by atoms with E-state index in [-0.39, 0.29) is 18.7 Å². The van der Waals surface area contributed by atoms with Crippen molar-refractivity contribution in [2.24, 2.45) is 5.92 Å². The lowest BCUT2D eigenvalue weighted by atomic mass is 9.93. The molecule has 5 heteroatoms. The molecule has 0 heterocycles. The molecule has 0 bridgehead atoms. The Hall–Kier alpha value is -0.940. The van der Waals surface area contributed by atoms with Gasteiger partial charge in [0.1, 0.15) is 24.3 Å². The zero-order chi connectivity index (χ0) is 15.8. The normalized spacial score (nSPS) is 14.8. The second kappa shape index (κ2) is 9.08. The van der Waals surface area contributed by atoms with E-state index in [0.29, 0.717) is 10.9 Å². The molecule has 20 heavy (non-hydrogen) atoms. The third-order valence-corrected chi connectivity index (χ3v) is 3.26. The monoisotopic (exact) mass is 288 g/mol. The van der Waals surface area contributed by atoms with Crippen LogP contribution in [0, 0.1) is 5.92 Å². The number of carbonyl (C=O) groups is 2. The predicted molar refractivity (Wildman–Crippen MR) is 78.4 cm³/mol. The number of hydrogen-bond acceptors (Lipinski definition) is 3. The van der Waals surface area contributed by atoms with Crippen LogP contribution in [0.4, 0.5) is 0 Å². The number of aliphatic hydroxyl groups is 1. The topological polar surface area (TPSA) is 74.6 Å². The van der Waals surface area contributed by atoms with Crippen molar-refractivity contribution in [2.75, 3.05) is 27.7 Å². The molecule has 2 atom stereocenters. The predicted octanol–water partition coefficient (Wildman–Crippen LogP) is 1.68. The first-order valence-corrected chi connectivity index (χ1v) is 7.43. The van der Waals surface area contributed by atoms with Gasteiger partial charge in [0.05, 0.1) is 21.1 Å². The lowest BCUT2D eigenvalue weighted by molar-refractivity contribution is -0.873. The largest absolute Gasteiger partial charge is 0.481 e. The fraction of sp³-hybridized carbons (Fsp3) is 0.867. The van der Waals surface area contributed by atoms with Gasteiger partial charge in [0.2, 0.25) is 0 Å². The Morgan fingerprint density at radius 2 is 1.60 bits per heavy atom. The molecule has 0 aliphatic carbocycles. The summed E-state index contributed by atoms with van der Waals surface area (Å²) in [5.41, 5.74) is 0. The molecule has 0 saturated carbocycles. The summed E-state index contributed by atoms with van der Waals surface area (Å²) in [7, 11) is 5.58. The Balaban J connectivity index is 4.37. The number of carboxylic acid groups (broad SMARTS) is 1. The Morgan fingerprint density at radius 3 is 2.05 bits per heavy atom. The molecule has 0 aliphatic heterocycles. The van der Waals surface area contributed by atoms with Crippen molar-refractivity contribution in [3.8, 4) is 0 Å². The van der Waals surface area contributed by atoms with Gasteiger partial charge in [-0.15, -0.1) is 0 Å². The Labute approximate surface area is 122 Å². The summed E-state index contributed by atoms with van der Waals surface area (Å²) in [5, 5.41) is 19.2. The van der Waals surface area contributed by atoms with Gasteiger partial charge in [-0.1, -0.05) is 32.6 Å². The van der Waals surface area contributed by atoms with Crippen molar-refractivity contribution in [1.82, 2.24) is 0 Å². The van der Waals surface area contributed by atoms with Gasteiger partial charge in [-0.25, -0.2) is 0 Å². The first-order valence-electron chi connectivity index (χ1n) is 7.43. The summed E-state index contributed by atoms with van der Waals surface area (Å²) in [5.74, 6) is -2.86. The first-order chi connectivity index (χ1) is 9.19. The van der Waals surface area contributed by atoms with E-state index in [1.807, 2.05) is 21.1 Å². The van der Waals surface area contributed by atoms with Crippen LogP contribution in [-0.2, 0) is 9.59 Å². The van der Waals surface area contributed by atoms with Crippen LogP contribution in [0.5, 0.6) is 0 Å². The van der Waals surface area contributed by atoms with E-state index in [4.69, 9.17) is 5.11 Å². The zero-order valence-electron chi connectivity index (χ0n) is 13.3. The van der Waals surface area contributed by atoms with Crippen molar-refractivity contribution in [3.63, 3.8) is 0 Å². The maximum Gasteiger partial charge on any atom is 0.316 e. The molecule has 0 amide bonds. The van der Waals surface area contributed by atoms with E-state index in [1.165, 1.54) is 0 Å². The highest BCUT2D eigenvalue weighted by Crippen LogP contribution is 2.14. The maximum atomic E-state index is 12.0. The molecule has 0 spiro atoms. The molecular weight excluding hydrogens is 258 g/mol. The second-order valence-electron chi connectivity index (χ2n) is 6.49. The van der Waals surface area contributed by atoms with Crippen LogP contribution in [0.1, 0.15) is 45.4 Å². The van der Waals surface area contributed by atoms with E-state index in [0.717, 1.165) is 25.7 Å². The molecule has 0 saturated heterocycles. The fourth-order valence-electron chi connectivity index (χ4n) is 2.24. The summed E-state index contributed by atoms with van der Waals surface area (Å²) in [6, 6.07) is 0. The highest BCUT2D eigenvalue weighted by molar-refractivity contribution is 5.98. The summed E-state index contributed by atoms with van der Waals surface area (Å²) < 4.78 is 0.425. The fourth-order valence-corrected chi connectivity index (χ4v) is 2.24. The van der Waals surface area contributed by atoms with Crippen LogP contribution in [0.15, 0.2) is 0 Å². The maximum absolute atomic E-state index is 12.0. The van der Waals surface area contributed by atoms with Gasteiger partial charge in [-0.05, 0) is 6.42 Å². The van der Waals surface area contributed by atoms with Gasteiger partial charge in [-0.2, -0.15) is 0 Å². The van der Waals surface area contributed by atoms with E-state index in [2.05, 4.69) is 6.92 Å². The number of carbonyl (C=O) groups excluding carboxylic acids is 1. The van der Waals surface area contributed by atoms with Crippen LogP contribution in [0.3, 0.4) is 0 Å². The minimum atomic E-state index is -1.29. The number of ketones is 1. The number of unbranched alkanes of at least 4 members (excludes halogenated alkanes) is 4. The minimum Gasteiger partial charge on any atom is -0.481 e. The number of quaternary nitrogens is 1. The summed E-state index contributed by atoms with van der Waals surface area (Å²) in [6.07, 6.45) is 4.11. The summed E-state index contributed by atoms with van der Waals surface area (Å²) in [6.45, 7) is 2.37. The number of rotatable bonds is 11. The van der Waals surface area contributed by atoms with Crippen molar-refractivity contribution >= 4 is 11.8 Å². The third-order valence-electron chi connectivity index (χ3n) is 3.26. The molecule has 118 valence electrons. The molecule has 0 radical (unpaired) electrons. The van der Waals surface area contributed by atoms with Gasteiger partial charge in [0.15, 0.2) is 0 Å². The Morgan fingerprint density at radius 1 is 1.05 bits per heavy atom. The molecule has 0 rings (SSSR count). The van der Waals surface area contributed by atoms with Crippen LogP contribution in [0.2, 0.25) is 0 Å². The van der Waals surface area contributed by atoms with Crippen LogP contribution >= 0.6 is 0 Å². The summed E-state index contributed by atoms with van der Waals surface area (Å²) in [4.78, 5) is 23.2. The van der Waals surface area contributed by atoms with Gasteiger partial charge in [-0.3, -0.25) is 9.59 Å². The molecule has 0 unspecified atom stereocenters. The molecule has 0 aromatic carbocycles. The lowest BCUT2D eigenvalue weighted by Crippen LogP contribution is -2.47. The van der Waals surface area contributed by atoms with Crippen molar-refractivity contribution in [1.29, 1.82) is 0 Å². The van der Waals surface area contributed by atoms with Gasteiger partial charge >= 0.3 is 5.97 Å².